The normalized spacial score (nSPS) is 10.6. The molecule has 0 aliphatic carbocycles. The van der Waals surface area contributed by atoms with Gasteiger partial charge in [-0.3, -0.25) is 4.79 Å². The van der Waals surface area contributed by atoms with Gasteiger partial charge in [-0.15, -0.1) is 0 Å². The number of aromatic nitrogens is 2. The van der Waals surface area contributed by atoms with Gasteiger partial charge in [0.1, 0.15) is 6.26 Å². The summed E-state index contributed by atoms with van der Waals surface area (Å²) in [5.74, 6) is -0.00724. The summed E-state index contributed by atoms with van der Waals surface area (Å²) in [6.07, 6.45) is 1.32. The second-order valence-electron chi connectivity index (χ2n) is 5.10. The molecule has 0 fully saturated rings. The summed E-state index contributed by atoms with van der Waals surface area (Å²) in [6, 6.07) is 11.2. The van der Waals surface area contributed by atoms with Crippen molar-refractivity contribution in [3.05, 3.63) is 64.8 Å². The van der Waals surface area contributed by atoms with Crippen LogP contribution in [0, 0.1) is 13.8 Å². The van der Waals surface area contributed by atoms with Crippen LogP contribution in [-0.2, 0) is 0 Å². The molecule has 116 valence electrons. The maximum absolute atomic E-state index is 12.3. The third-order valence-corrected chi connectivity index (χ3v) is 3.57. The van der Waals surface area contributed by atoms with E-state index < -0.39 is 5.91 Å². The molecule has 0 radical (unpaired) electrons. The number of carbonyl (C=O) groups excluding carboxylic acids is 1. The van der Waals surface area contributed by atoms with Crippen molar-refractivity contribution >= 4 is 23.2 Å². The second kappa shape index (κ2) is 6.22. The highest BCUT2D eigenvalue weighted by atomic mass is 35.5. The van der Waals surface area contributed by atoms with Crippen molar-refractivity contribution in [1.82, 2.24) is 9.97 Å². The number of oxazole rings is 1. The lowest BCUT2D eigenvalue weighted by molar-refractivity contribution is 0.102. The van der Waals surface area contributed by atoms with Crippen LogP contribution in [0.2, 0.25) is 5.15 Å². The van der Waals surface area contributed by atoms with Crippen LogP contribution in [0.25, 0.3) is 11.5 Å². The number of amides is 1. The molecule has 23 heavy (non-hydrogen) atoms. The van der Waals surface area contributed by atoms with Crippen LogP contribution in [0.5, 0.6) is 0 Å². The van der Waals surface area contributed by atoms with E-state index in [9.17, 15) is 4.79 Å². The molecule has 1 N–H and O–H groups in total. The van der Waals surface area contributed by atoms with E-state index in [1.807, 2.05) is 50.2 Å². The number of nitrogens with one attached hydrogen (secondary N) is 1. The Labute approximate surface area is 138 Å². The molecular weight excluding hydrogens is 314 g/mol. The van der Waals surface area contributed by atoms with Gasteiger partial charge in [-0.05, 0) is 37.6 Å². The van der Waals surface area contributed by atoms with Gasteiger partial charge in [-0.25, -0.2) is 9.97 Å². The summed E-state index contributed by atoms with van der Waals surface area (Å²) in [5, 5.41) is 2.98. The van der Waals surface area contributed by atoms with E-state index in [1.54, 1.807) is 0 Å². The third-order valence-electron chi connectivity index (χ3n) is 3.30. The van der Waals surface area contributed by atoms with Gasteiger partial charge in [0.15, 0.2) is 10.8 Å². The number of benzene rings is 1. The summed E-state index contributed by atoms with van der Waals surface area (Å²) in [5.41, 5.74) is 3.09. The number of aryl methyl sites for hydroxylation is 2. The van der Waals surface area contributed by atoms with Gasteiger partial charge >= 0.3 is 0 Å². The first kappa shape index (κ1) is 15.2. The summed E-state index contributed by atoms with van der Waals surface area (Å²) in [6.45, 7) is 3.70. The van der Waals surface area contributed by atoms with Gasteiger partial charge in [0.25, 0.3) is 5.91 Å². The van der Waals surface area contributed by atoms with Crippen LogP contribution in [0.4, 0.5) is 5.69 Å². The van der Waals surface area contributed by atoms with Gasteiger partial charge in [0.05, 0.1) is 5.69 Å². The number of hydrogen-bond donors (Lipinski definition) is 1. The Bertz CT molecular complexity index is 836. The SMILES string of the molecule is Cc1cc(C)c(NC(=O)c2coc(-c3ccccc3)n2)c(Cl)n1. The predicted molar refractivity (Wildman–Crippen MR) is 88.6 cm³/mol. The van der Waals surface area contributed by atoms with Crippen molar-refractivity contribution in [3.63, 3.8) is 0 Å². The molecule has 0 bridgehead atoms. The average Bonchev–Trinajstić information content (AvgIpc) is 3.01. The van der Waals surface area contributed by atoms with E-state index in [2.05, 4.69) is 15.3 Å². The van der Waals surface area contributed by atoms with Crippen LogP contribution in [0.15, 0.2) is 47.1 Å². The van der Waals surface area contributed by atoms with Gasteiger partial charge in [-0.1, -0.05) is 29.8 Å². The minimum absolute atomic E-state index is 0.180. The Morgan fingerprint density at radius 1 is 1.17 bits per heavy atom. The first-order chi connectivity index (χ1) is 11.0. The summed E-state index contributed by atoms with van der Waals surface area (Å²) in [7, 11) is 0. The standard InChI is InChI=1S/C17H14ClN3O2/c1-10-8-11(2)19-15(18)14(10)21-16(22)13-9-23-17(20-13)12-6-4-3-5-7-12/h3-9H,1-2H3,(H,21,22). The summed E-state index contributed by atoms with van der Waals surface area (Å²) >= 11 is 6.10. The fraction of sp³-hybridized carbons (Fsp3) is 0.118. The number of pyridine rings is 1. The van der Waals surface area contributed by atoms with Crippen molar-refractivity contribution in [2.24, 2.45) is 0 Å². The van der Waals surface area contributed by atoms with Crippen molar-refractivity contribution in [1.29, 1.82) is 0 Å². The van der Waals surface area contributed by atoms with Crippen LogP contribution in [0.1, 0.15) is 21.7 Å². The predicted octanol–water partition coefficient (Wildman–Crippen LogP) is 4.26. The molecule has 0 spiro atoms. The first-order valence-electron chi connectivity index (χ1n) is 7.00. The molecule has 3 aromatic rings. The van der Waals surface area contributed by atoms with Gasteiger partial charge in [-0.2, -0.15) is 0 Å². The van der Waals surface area contributed by atoms with Gasteiger partial charge < -0.3 is 9.73 Å². The molecule has 1 aromatic carbocycles. The molecule has 0 saturated heterocycles. The molecule has 2 aromatic heterocycles. The zero-order valence-electron chi connectivity index (χ0n) is 12.6. The maximum atomic E-state index is 12.3. The lowest BCUT2D eigenvalue weighted by atomic mass is 10.2. The van der Waals surface area contributed by atoms with Crippen LogP contribution in [0.3, 0.4) is 0 Å². The van der Waals surface area contributed by atoms with Crippen molar-refractivity contribution < 1.29 is 9.21 Å². The Kier molecular flexibility index (Phi) is 4.12. The topological polar surface area (TPSA) is 68.0 Å². The van der Waals surface area contributed by atoms with Crippen molar-refractivity contribution in [3.8, 4) is 11.5 Å². The highest BCUT2D eigenvalue weighted by Crippen LogP contribution is 2.25. The largest absolute Gasteiger partial charge is 0.444 e. The van der Waals surface area contributed by atoms with Gasteiger partial charge in [0.2, 0.25) is 5.89 Å². The lowest BCUT2D eigenvalue weighted by Crippen LogP contribution is -2.14. The molecule has 1 amide bonds. The zero-order chi connectivity index (χ0) is 16.4. The van der Waals surface area contributed by atoms with E-state index in [-0.39, 0.29) is 10.8 Å². The Morgan fingerprint density at radius 3 is 2.61 bits per heavy atom. The first-order valence-corrected chi connectivity index (χ1v) is 7.38. The molecular formula is C17H14ClN3O2. The maximum Gasteiger partial charge on any atom is 0.277 e. The second-order valence-corrected chi connectivity index (χ2v) is 5.46. The molecule has 0 aliphatic rings. The van der Waals surface area contributed by atoms with E-state index in [4.69, 9.17) is 16.0 Å². The molecule has 6 heteroatoms. The lowest BCUT2D eigenvalue weighted by Gasteiger charge is -2.09. The molecule has 5 nitrogen and oxygen atoms in total. The number of rotatable bonds is 3. The fourth-order valence-electron chi connectivity index (χ4n) is 2.21. The number of hydrogen-bond acceptors (Lipinski definition) is 4. The van der Waals surface area contributed by atoms with E-state index >= 15 is 0 Å². The Morgan fingerprint density at radius 2 is 1.91 bits per heavy atom. The molecule has 2 heterocycles. The fourth-order valence-corrected chi connectivity index (χ4v) is 2.54. The highest BCUT2D eigenvalue weighted by Gasteiger charge is 2.16. The number of halogens is 1. The zero-order valence-corrected chi connectivity index (χ0v) is 13.4. The highest BCUT2D eigenvalue weighted by molar-refractivity contribution is 6.32. The van der Waals surface area contributed by atoms with E-state index in [0.717, 1.165) is 16.8 Å². The summed E-state index contributed by atoms with van der Waals surface area (Å²) < 4.78 is 5.37. The smallest absolute Gasteiger partial charge is 0.277 e. The quantitative estimate of drug-likeness (QED) is 0.730. The molecule has 3 rings (SSSR count). The third kappa shape index (κ3) is 3.24. The molecule has 0 atom stereocenters. The van der Waals surface area contributed by atoms with Crippen molar-refractivity contribution in [2.45, 2.75) is 13.8 Å². The minimum atomic E-state index is -0.397. The Balaban J connectivity index is 1.84. The minimum Gasteiger partial charge on any atom is -0.444 e. The molecule has 0 unspecified atom stereocenters. The van der Waals surface area contributed by atoms with Gasteiger partial charge in [0, 0.05) is 11.3 Å². The Hall–Kier alpha value is -2.66. The van der Waals surface area contributed by atoms with Crippen LogP contribution < -0.4 is 5.32 Å². The number of nitrogens with zero attached hydrogens (tertiary/aromatic N) is 2. The van der Waals surface area contributed by atoms with Crippen LogP contribution >= 0.6 is 11.6 Å². The molecule has 0 saturated carbocycles. The monoisotopic (exact) mass is 327 g/mol. The number of anilines is 1. The van der Waals surface area contributed by atoms with Crippen molar-refractivity contribution in [2.75, 3.05) is 5.32 Å². The average molecular weight is 328 g/mol. The van der Waals surface area contributed by atoms with Crippen LogP contribution in [-0.4, -0.2) is 15.9 Å². The summed E-state index contributed by atoms with van der Waals surface area (Å²) in [4.78, 5) is 20.7. The molecule has 0 aliphatic heterocycles. The van der Waals surface area contributed by atoms with E-state index in [0.29, 0.717) is 11.6 Å². The van der Waals surface area contributed by atoms with E-state index in [1.165, 1.54) is 6.26 Å². The number of carbonyl (C=O) groups is 1.